The van der Waals surface area contributed by atoms with E-state index in [1.54, 1.807) is 0 Å². The molecule has 1 unspecified atom stereocenters. The first kappa shape index (κ1) is 16.0. The predicted octanol–water partition coefficient (Wildman–Crippen LogP) is 3.23. The largest absolute Gasteiger partial charge is 0.392 e. The first-order chi connectivity index (χ1) is 10.5. The molecule has 22 heavy (non-hydrogen) atoms. The van der Waals surface area contributed by atoms with E-state index in [1.807, 2.05) is 57.2 Å². The topological polar surface area (TPSA) is 61.4 Å². The average Bonchev–Trinajstić information content (AvgIpc) is 2.46. The third-order valence-corrected chi connectivity index (χ3v) is 3.38. The van der Waals surface area contributed by atoms with Crippen LogP contribution in [0.4, 0.5) is 11.4 Å². The van der Waals surface area contributed by atoms with Gasteiger partial charge in [-0.25, -0.2) is 0 Å². The molecule has 116 valence electrons. The number of hydrogen-bond donors (Lipinski definition) is 3. The van der Waals surface area contributed by atoms with Crippen molar-refractivity contribution >= 4 is 17.3 Å². The fourth-order valence-corrected chi connectivity index (χ4v) is 2.37. The van der Waals surface area contributed by atoms with Gasteiger partial charge >= 0.3 is 0 Å². The Labute approximate surface area is 131 Å². The molecule has 2 aromatic carbocycles. The van der Waals surface area contributed by atoms with Crippen molar-refractivity contribution in [1.29, 1.82) is 0 Å². The molecular formula is C18H22N2O2. The Kier molecular flexibility index (Phi) is 5.17. The van der Waals surface area contributed by atoms with Crippen LogP contribution in [0.1, 0.15) is 23.6 Å². The summed E-state index contributed by atoms with van der Waals surface area (Å²) in [5, 5.41) is 15.2. The number of amides is 1. The third kappa shape index (κ3) is 4.33. The maximum absolute atomic E-state index is 12.3. The van der Waals surface area contributed by atoms with Crippen molar-refractivity contribution in [3.8, 4) is 0 Å². The summed E-state index contributed by atoms with van der Waals surface area (Å²) >= 11 is 0. The van der Waals surface area contributed by atoms with Gasteiger partial charge in [0.25, 0.3) is 0 Å². The summed E-state index contributed by atoms with van der Waals surface area (Å²) in [5.41, 5.74) is 4.67. The lowest BCUT2D eigenvalue weighted by molar-refractivity contribution is -0.116. The van der Waals surface area contributed by atoms with E-state index < -0.39 is 0 Å². The first-order valence-electron chi connectivity index (χ1n) is 7.33. The van der Waals surface area contributed by atoms with Crippen LogP contribution in [0.3, 0.4) is 0 Å². The highest BCUT2D eigenvalue weighted by Crippen LogP contribution is 2.15. The third-order valence-electron chi connectivity index (χ3n) is 3.38. The number of aryl methyl sites for hydroxylation is 2. The van der Waals surface area contributed by atoms with E-state index in [9.17, 15) is 4.79 Å². The normalized spacial score (nSPS) is 11.8. The highest BCUT2D eigenvalue weighted by molar-refractivity contribution is 5.96. The van der Waals surface area contributed by atoms with Gasteiger partial charge in [0.1, 0.15) is 6.04 Å². The van der Waals surface area contributed by atoms with Gasteiger partial charge in [-0.05, 0) is 61.7 Å². The van der Waals surface area contributed by atoms with Crippen LogP contribution in [-0.4, -0.2) is 17.1 Å². The molecule has 0 heterocycles. The Bertz CT molecular complexity index is 648. The minimum absolute atomic E-state index is 0.0152. The van der Waals surface area contributed by atoms with Crippen molar-refractivity contribution in [3.05, 3.63) is 59.2 Å². The van der Waals surface area contributed by atoms with Gasteiger partial charge in [-0.15, -0.1) is 0 Å². The van der Waals surface area contributed by atoms with E-state index in [2.05, 4.69) is 16.7 Å². The molecule has 0 saturated carbocycles. The lowest BCUT2D eigenvalue weighted by atomic mass is 10.1. The van der Waals surface area contributed by atoms with Crippen LogP contribution in [0.25, 0.3) is 0 Å². The number of aliphatic hydroxyl groups is 1. The Balaban J connectivity index is 2.02. The maximum atomic E-state index is 12.3. The summed E-state index contributed by atoms with van der Waals surface area (Å²) in [4.78, 5) is 12.3. The number of aliphatic hydroxyl groups excluding tert-OH is 1. The summed E-state index contributed by atoms with van der Waals surface area (Å²) < 4.78 is 0. The van der Waals surface area contributed by atoms with Crippen LogP contribution in [0.5, 0.6) is 0 Å². The van der Waals surface area contributed by atoms with Crippen molar-refractivity contribution in [2.24, 2.45) is 0 Å². The molecule has 1 amide bonds. The number of hydrogen-bond acceptors (Lipinski definition) is 3. The summed E-state index contributed by atoms with van der Waals surface area (Å²) in [5.74, 6) is -0.0978. The van der Waals surface area contributed by atoms with Crippen molar-refractivity contribution in [2.45, 2.75) is 33.4 Å². The second-order valence-electron chi connectivity index (χ2n) is 5.59. The van der Waals surface area contributed by atoms with E-state index in [1.165, 1.54) is 0 Å². The zero-order valence-electron chi connectivity index (χ0n) is 13.2. The highest BCUT2D eigenvalue weighted by atomic mass is 16.3. The Morgan fingerprint density at radius 3 is 2.41 bits per heavy atom. The van der Waals surface area contributed by atoms with Crippen LogP contribution >= 0.6 is 0 Å². The summed E-state index contributed by atoms with van der Waals surface area (Å²) in [7, 11) is 0. The molecule has 0 aliphatic rings. The van der Waals surface area contributed by atoms with Crippen molar-refractivity contribution in [1.82, 2.24) is 0 Å². The highest BCUT2D eigenvalue weighted by Gasteiger charge is 2.13. The van der Waals surface area contributed by atoms with Crippen molar-refractivity contribution < 1.29 is 9.90 Å². The number of carbonyl (C=O) groups is 1. The Morgan fingerprint density at radius 1 is 1.09 bits per heavy atom. The summed E-state index contributed by atoms with van der Waals surface area (Å²) in [6.07, 6.45) is 0. The number of rotatable bonds is 5. The second-order valence-corrected chi connectivity index (χ2v) is 5.59. The fourth-order valence-electron chi connectivity index (χ4n) is 2.37. The van der Waals surface area contributed by atoms with Gasteiger partial charge in [0.05, 0.1) is 6.61 Å². The molecule has 0 aromatic heterocycles. The molecule has 0 radical (unpaired) electrons. The zero-order chi connectivity index (χ0) is 16.1. The summed E-state index contributed by atoms with van der Waals surface area (Å²) in [6, 6.07) is 13.0. The van der Waals surface area contributed by atoms with Crippen LogP contribution < -0.4 is 10.6 Å². The molecule has 4 nitrogen and oxygen atoms in total. The molecule has 0 saturated heterocycles. The van der Waals surface area contributed by atoms with Gasteiger partial charge in [-0.3, -0.25) is 4.79 Å². The number of anilines is 2. The van der Waals surface area contributed by atoms with Gasteiger partial charge in [0, 0.05) is 11.4 Å². The Morgan fingerprint density at radius 2 is 1.77 bits per heavy atom. The van der Waals surface area contributed by atoms with E-state index in [-0.39, 0.29) is 18.6 Å². The van der Waals surface area contributed by atoms with Gasteiger partial charge in [-0.2, -0.15) is 0 Å². The smallest absolute Gasteiger partial charge is 0.246 e. The quantitative estimate of drug-likeness (QED) is 0.794. The molecule has 0 aliphatic carbocycles. The van der Waals surface area contributed by atoms with E-state index in [4.69, 9.17) is 5.11 Å². The van der Waals surface area contributed by atoms with Crippen LogP contribution in [-0.2, 0) is 11.4 Å². The lowest BCUT2D eigenvalue weighted by Gasteiger charge is -2.16. The predicted molar refractivity (Wildman–Crippen MR) is 90.0 cm³/mol. The molecule has 0 bridgehead atoms. The Hall–Kier alpha value is -2.33. The molecule has 0 aliphatic heterocycles. The van der Waals surface area contributed by atoms with Gasteiger partial charge in [0.2, 0.25) is 5.91 Å². The molecule has 0 fully saturated rings. The van der Waals surface area contributed by atoms with Gasteiger partial charge in [0.15, 0.2) is 0 Å². The van der Waals surface area contributed by atoms with Gasteiger partial charge in [-0.1, -0.05) is 18.2 Å². The average molecular weight is 298 g/mol. The zero-order valence-corrected chi connectivity index (χ0v) is 13.2. The van der Waals surface area contributed by atoms with Gasteiger partial charge < -0.3 is 15.7 Å². The van der Waals surface area contributed by atoms with Crippen molar-refractivity contribution in [2.75, 3.05) is 10.6 Å². The molecule has 2 rings (SSSR count). The SMILES string of the molecule is Cc1cc(C)cc(NC(=O)C(C)Nc2cccc(CO)c2)c1. The standard InChI is InChI=1S/C18H22N2O2/c1-12-7-13(2)9-17(8-12)20-18(22)14(3)19-16-6-4-5-15(10-16)11-21/h4-10,14,19,21H,11H2,1-3H3,(H,20,22). The molecule has 3 N–H and O–H groups in total. The maximum Gasteiger partial charge on any atom is 0.246 e. The van der Waals surface area contributed by atoms with E-state index in [0.29, 0.717) is 0 Å². The number of benzene rings is 2. The fraction of sp³-hybridized carbons (Fsp3) is 0.278. The number of nitrogens with one attached hydrogen (secondary N) is 2. The van der Waals surface area contributed by atoms with Crippen LogP contribution in [0.15, 0.2) is 42.5 Å². The van der Waals surface area contributed by atoms with Crippen LogP contribution in [0.2, 0.25) is 0 Å². The second kappa shape index (κ2) is 7.09. The molecule has 4 heteroatoms. The molecule has 2 aromatic rings. The number of carbonyl (C=O) groups excluding carboxylic acids is 1. The monoisotopic (exact) mass is 298 g/mol. The van der Waals surface area contributed by atoms with Crippen molar-refractivity contribution in [3.63, 3.8) is 0 Å². The first-order valence-corrected chi connectivity index (χ1v) is 7.33. The summed E-state index contributed by atoms with van der Waals surface area (Å²) in [6.45, 7) is 5.80. The minimum Gasteiger partial charge on any atom is -0.392 e. The van der Waals surface area contributed by atoms with E-state index in [0.717, 1.165) is 28.1 Å². The lowest BCUT2D eigenvalue weighted by Crippen LogP contribution is -2.31. The molecule has 1 atom stereocenters. The molecule has 0 spiro atoms. The minimum atomic E-state index is -0.380. The van der Waals surface area contributed by atoms with E-state index >= 15 is 0 Å². The molecular weight excluding hydrogens is 276 g/mol. The van der Waals surface area contributed by atoms with Crippen LogP contribution in [0, 0.1) is 13.8 Å².